The summed E-state index contributed by atoms with van der Waals surface area (Å²) in [6.07, 6.45) is 3.56. The van der Waals surface area contributed by atoms with Crippen molar-refractivity contribution in [2.75, 3.05) is 11.1 Å². The number of carbonyl (C=O) groups excluding carboxylic acids is 1. The van der Waals surface area contributed by atoms with E-state index in [4.69, 9.17) is 5.73 Å². The zero-order chi connectivity index (χ0) is 24.1. The van der Waals surface area contributed by atoms with Gasteiger partial charge < -0.3 is 11.1 Å². The molecular weight excluding hydrogens is 449 g/mol. The molecule has 0 aliphatic heterocycles. The van der Waals surface area contributed by atoms with E-state index in [9.17, 15) is 18.0 Å². The van der Waals surface area contributed by atoms with Gasteiger partial charge in [-0.1, -0.05) is 17.9 Å². The summed E-state index contributed by atoms with van der Waals surface area (Å²) < 4.78 is 42.1. The van der Waals surface area contributed by atoms with Crippen molar-refractivity contribution in [3.63, 3.8) is 0 Å². The molecule has 0 bridgehead atoms. The van der Waals surface area contributed by atoms with Crippen LogP contribution in [0.3, 0.4) is 0 Å². The number of hydrogen-bond acceptors (Lipinski definition) is 7. The van der Waals surface area contributed by atoms with Gasteiger partial charge in [0.2, 0.25) is 5.95 Å². The number of benzene rings is 1. The fourth-order valence-corrected chi connectivity index (χ4v) is 2.93. The molecule has 0 fully saturated rings. The quantitative estimate of drug-likeness (QED) is 0.445. The van der Waals surface area contributed by atoms with Crippen LogP contribution in [0.2, 0.25) is 0 Å². The zero-order valence-electron chi connectivity index (χ0n) is 17.3. The van der Waals surface area contributed by atoms with Crippen molar-refractivity contribution in [2.45, 2.75) is 12.7 Å². The predicted molar refractivity (Wildman–Crippen MR) is 115 cm³/mol. The monoisotopic (exact) mass is 464 g/mol. The van der Waals surface area contributed by atoms with Crippen molar-refractivity contribution in [3.8, 4) is 11.8 Å². The Hall–Kier alpha value is -4.79. The standard InChI is InChI=1S/C22H15F3N8O/c23-22(24,25)19-6-18(4-3-16(19)11-33-13-28-12-31-33)32-20(34)17-5-14(7-27-10-17)1-2-15-8-29-21(26)30-9-15/h3-10,12-13H,11H2,(H,32,34)(H2,26,29,30). The number of nitrogen functional groups attached to an aromatic ring is 1. The third-order valence-electron chi connectivity index (χ3n) is 4.50. The molecule has 4 rings (SSSR count). The minimum Gasteiger partial charge on any atom is -0.368 e. The lowest BCUT2D eigenvalue weighted by molar-refractivity contribution is -0.138. The van der Waals surface area contributed by atoms with Crippen LogP contribution in [-0.4, -0.2) is 35.6 Å². The van der Waals surface area contributed by atoms with Crippen LogP contribution in [0.25, 0.3) is 0 Å². The van der Waals surface area contributed by atoms with Crippen molar-refractivity contribution in [1.29, 1.82) is 0 Å². The second kappa shape index (κ2) is 9.37. The summed E-state index contributed by atoms with van der Waals surface area (Å²) in [4.78, 5) is 28.0. The van der Waals surface area contributed by atoms with Crippen LogP contribution >= 0.6 is 0 Å². The van der Waals surface area contributed by atoms with Crippen LogP contribution in [0, 0.1) is 11.8 Å². The summed E-state index contributed by atoms with van der Waals surface area (Å²) >= 11 is 0. The highest BCUT2D eigenvalue weighted by molar-refractivity contribution is 6.04. The SMILES string of the molecule is Nc1ncc(C#Cc2cncc(C(=O)Nc3ccc(Cn4cncn4)c(C(F)(F)F)c3)c2)cn1. The van der Waals surface area contributed by atoms with E-state index in [1.54, 1.807) is 0 Å². The lowest BCUT2D eigenvalue weighted by atomic mass is 10.1. The summed E-state index contributed by atoms with van der Waals surface area (Å²) in [6.45, 7) is -0.118. The highest BCUT2D eigenvalue weighted by Crippen LogP contribution is 2.34. The number of alkyl halides is 3. The number of amides is 1. The molecule has 9 nitrogen and oxygen atoms in total. The van der Waals surface area contributed by atoms with Gasteiger partial charge in [-0.2, -0.15) is 18.3 Å². The predicted octanol–water partition coefficient (Wildman–Crippen LogP) is 2.76. The van der Waals surface area contributed by atoms with Crippen molar-refractivity contribution in [1.82, 2.24) is 29.7 Å². The van der Waals surface area contributed by atoms with Crippen LogP contribution in [-0.2, 0) is 12.7 Å². The van der Waals surface area contributed by atoms with Gasteiger partial charge in [-0.05, 0) is 23.8 Å². The van der Waals surface area contributed by atoms with Gasteiger partial charge in [0, 0.05) is 36.0 Å². The molecule has 0 saturated carbocycles. The molecule has 170 valence electrons. The summed E-state index contributed by atoms with van der Waals surface area (Å²) in [5, 5.41) is 6.30. The number of nitrogens with one attached hydrogen (secondary N) is 1. The summed E-state index contributed by atoms with van der Waals surface area (Å²) in [6, 6.07) is 5.02. The molecule has 3 N–H and O–H groups in total. The van der Waals surface area contributed by atoms with Crippen LogP contribution in [0.15, 0.2) is 61.7 Å². The number of anilines is 2. The molecule has 0 unspecified atom stereocenters. The summed E-state index contributed by atoms with van der Waals surface area (Å²) in [5.74, 6) is 5.12. The molecule has 0 radical (unpaired) electrons. The molecule has 12 heteroatoms. The Morgan fingerprint density at radius 3 is 2.50 bits per heavy atom. The normalized spacial score (nSPS) is 10.9. The molecule has 3 aromatic heterocycles. The Kier molecular flexibility index (Phi) is 6.18. The molecular formula is C22H15F3N8O. The van der Waals surface area contributed by atoms with Gasteiger partial charge >= 0.3 is 6.18 Å². The Morgan fingerprint density at radius 1 is 1.03 bits per heavy atom. The van der Waals surface area contributed by atoms with E-state index in [1.165, 1.54) is 60.3 Å². The number of carbonyl (C=O) groups is 1. The lowest BCUT2D eigenvalue weighted by Gasteiger charge is -2.15. The summed E-state index contributed by atoms with van der Waals surface area (Å²) in [5.41, 5.74) is 5.57. The molecule has 34 heavy (non-hydrogen) atoms. The lowest BCUT2D eigenvalue weighted by Crippen LogP contribution is -2.16. The van der Waals surface area contributed by atoms with Crippen LogP contribution < -0.4 is 11.1 Å². The van der Waals surface area contributed by atoms with Crippen molar-refractivity contribution in [2.24, 2.45) is 0 Å². The molecule has 4 aromatic rings. The highest BCUT2D eigenvalue weighted by Gasteiger charge is 2.33. The van der Waals surface area contributed by atoms with Gasteiger partial charge in [0.05, 0.1) is 23.2 Å². The largest absolute Gasteiger partial charge is 0.416 e. The maximum absolute atomic E-state index is 13.6. The first-order valence-corrected chi connectivity index (χ1v) is 9.66. The number of aromatic nitrogens is 6. The first kappa shape index (κ1) is 22.4. The second-order valence-electron chi connectivity index (χ2n) is 6.96. The van der Waals surface area contributed by atoms with Crippen molar-refractivity contribution < 1.29 is 18.0 Å². The number of nitrogens with two attached hydrogens (primary N) is 1. The minimum absolute atomic E-state index is 0.0124. The molecule has 1 amide bonds. The number of nitrogens with zero attached hydrogens (tertiary/aromatic N) is 6. The Bertz CT molecular complexity index is 1370. The third-order valence-corrected chi connectivity index (χ3v) is 4.50. The first-order valence-electron chi connectivity index (χ1n) is 9.66. The number of hydrogen-bond donors (Lipinski definition) is 2. The first-order chi connectivity index (χ1) is 16.3. The molecule has 0 spiro atoms. The van der Waals surface area contributed by atoms with E-state index in [1.807, 2.05) is 0 Å². The smallest absolute Gasteiger partial charge is 0.368 e. The average Bonchev–Trinajstić information content (AvgIpc) is 3.32. The number of halogens is 3. The van der Waals surface area contributed by atoms with Crippen molar-refractivity contribution >= 4 is 17.5 Å². The molecule has 0 atom stereocenters. The third kappa shape index (κ3) is 5.52. The number of pyridine rings is 1. The topological polar surface area (TPSA) is 125 Å². The summed E-state index contributed by atoms with van der Waals surface area (Å²) in [7, 11) is 0. The zero-order valence-corrected chi connectivity index (χ0v) is 17.3. The van der Waals surface area contributed by atoms with Gasteiger partial charge in [-0.3, -0.25) is 9.78 Å². The Labute approximate surface area is 190 Å². The van der Waals surface area contributed by atoms with Gasteiger partial charge in [0.1, 0.15) is 12.7 Å². The fraction of sp³-hybridized carbons (Fsp3) is 0.0909. The fourth-order valence-electron chi connectivity index (χ4n) is 2.93. The molecule has 1 aromatic carbocycles. The maximum atomic E-state index is 13.6. The van der Waals surface area contributed by atoms with Gasteiger partial charge in [-0.15, -0.1) is 0 Å². The molecule has 0 aliphatic carbocycles. The van der Waals surface area contributed by atoms with Crippen LogP contribution in [0.5, 0.6) is 0 Å². The maximum Gasteiger partial charge on any atom is 0.416 e. The molecule has 0 saturated heterocycles. The van der Waals surface area contributed by atoms with E-state index < -0.39 is 17.6 Å². The van der Waals surface area contributed by atoms with E-state index in [0.717, 1.165) is 6.07 Å². The second-order valence-corrected chi connectivity index (χ2v) is 6.96. The Morgan fingerprint density at radius 2 is 1.79 bits per heavy atom. The van der Waals surface area contributed by atoms with E-state index >= 15 is 0 Å². The van der Waals surface area contributed by atoms with Crippen LogP contribution in [0.1, 0.15) is 32.6 Å². The van der Waals surface area contributed by atoms with Crippen molar-refractivity contribution in [3.05, 3.63) is 89.5 Å². The number of rotatable bonds is 4. The minimum atomic E-state index is -4.63. The van der Waals surface area contributed by atoms with Gasteiger partial charge in [0.15, 0.2) is 0 Å². The van der Waals surface area contributed by atoms with Crippen LogP contribution in [0.4, 0.5) is 24.8 Å². The molecule has 3 heterocycles. The van der Waals surface area contributed by atoms with Gasteiger partial charge in [0.25, 0.3) is 5.91 Å². The van der Waals surface area contributed by atoms with E-state index in [2.05, 4.69) is 42.2 Å². The Balaban J connectivity index is 1.53. The van der Waals surface area contributed by atoms with E-state index in [-0.39, 0.29) is 29.3 Å². The van der Waals surface area contributed by atoms with Gasteiger partial charge in [-0.25, -0.2) is 19.6 Å². The molecule has 0 aliphatic rings. The highest BCUT2D eigenvalue weighted by atomic mass is 19.4. The van der Waals surface area contributed by atoms with E-state index in [0.29, 0.717) is 11.1 Å². The average molecular weight is 464 g/mol.